The second kappa shape index (κ2) is 6.36. The van der Waals surface area contributed by atoms with Crippen LogP contribution in [0.3, 0.4) is 0 Å². The van der Waals surface area contributed by atoms with Gasteiger partial charge in [0.15, 0.2) is 0 Å². The van der Waals surface area contributed by atoms with Crippen molar-refractivity contribution in [2.45, 2.75) is 11.8 Å². The van der Waals surface area contributed by atoms with Crippen LogP contribution in [0.15, 0.2) is 51.8 Å². The van der Waals surface area contributed by atoms with Crippen LogP contribution in [0, 0.1) is 0 Å². The van der Waals surface area contributed by atoms with Gasteiger partial charge in [-0.1, -0.05) is 15.9 Å². The largest absolute Gasteiger partial charge is 0.494 e. The normalized spacial score (nSPS) is 11.1. The van der Waals surface area contributed by atoms with Crippen molar-refractivity contribution in [3.8, 4) is 5.75 Å². The fourth-order valence-electron chi connectivity index (χ4n) is 1.76. The Morgan fingerprint density at radius 1 is 1.19 bits per heavy atom. The molecule has 0 radical (unpaired) electrons. The van der Waals surface area contributed by atoms with Crippen molar-refractivity contribution in [1.82, 2.24) is 0 Å². The molecule has 5 nitrogen and oxygen atoms in total. The number of sulfonamides is 1. The summed E-state index contributed by atoms with van der Waals surface area (Å²) in [7, 11) is -3.72. The molecule has 0 heterocycles. The highest BCUT2D eigenvalue weighted by atomic mass is 79.9. The molecule has 112 valence electrons. The molecule has 3 N–H and O–H groups in total. The third kappa shape index (κ3) is 3.89. The summed E-state index contributed by atoms with van der Waals surface area (Å²) in [4.78, 5) is 0.0413. The number of nitrogens with two attached hydrogens (primary N) is 1. The monoisotopic (exact) mass is 370 g/mol. The summed E-state index contributed by atoms with van der Waals surface area (Å²) >= 11 is 3.24. The first-order chi connectivity index (χ1) is 9.92. The van der Waals surface area contributed by atoms with Gasteiger partial charge >= 0.3 is 0 Å². The van der Waals surface area contributed by atoms with Gasteiger partial charge in [0.2, 0.25) is 0 Å². The predicted molar refractivity (Wildman–Crippen MR) is 87.0 cm³/mol. The van der Waals surface area contributed by atoms with E-state index in [2.05, 4.69) is 20.7 Å². The molecule has 0 spiro atoms. The molecule has 0 aliphatic carbocycles. The lowest BCUT2D eigenvalue weighted by Gasteiger charge is -2.11. The van der Waals surface area contributed by atoms with Gasteiger partial charge in [-0.05, 0) is 49.4 Å². The number of hydrogen-bond acceptors (Lipinski definition) is 4. The van der Waals surface area contributed by atoms with Crippen molar-refractivity contribution in [1.29, 1.82) is 0 Å². The number of ether oxygens (including phenoxy) is 1. The highest BCUT2D eigenvalue weighted by Gasteiger charge is 2.17. The van der Waals surface area contributed by atoms with Gasteiger partial charge in [-0.3, -0.25) is 4.72 Å². The van der Waals surface area contributed by atoms with E-state index in [1.807, 2.05) is 6.92 Å². The maximum atomic E-state index is 12.3. The van der Waals surface area contributed by atoms with Gasteiger partial charge < -0.3 is 10.5 Å². The second-order valence-electron chi connectivity index (χ2n) is 4.25. The zero-order valence-corrected chi connectivity index (χ0v) is 13.7. The molecular formula is C14H15BrN2O3S. The minimum Gasteiger partial charge on any atom is -0.494 e. The van der Waals surface area contributed by atoms with E-state index in [0.717, 1.165) is 4.47 Å². The van der Waals surface area contributed by atoms with Gasteiger partial charge in [0.25, 0.3) is 10.0 Å². The molecule has 2 aromatic rings. The average molecular weight is 371 g/mol. The molecule has 0 unspecified atom stereocenters. The number of benzene rings is 2. The highest BCUT2D eigenvalue weighted by Crippen LogP contribution is 2.25. The number of anilines is 2. The minimum absolute atomic E-state index is 0.0413. The van der Waals surface area contributed by atoms with Crippen LogP contribution in [0.5, 0.6) is 5.75 Å². The molecule has 0 bridgehead atoms. The predicted octanol–water partition coefficient (Wildman–Crippen LogP) is 3.23. The van der Waals surface area contributed by atoms with Crippen molar-refractivity contribution in [2.75, 3.05) is 17.1 Å². The Kier molecular flexibility index (Phi) is 4.74. The fourth-order valence-corrected chi connectivity index (χ4v) is 3.31. The molecule has 0 aromatic heterocycles. The van der Waals surface area contributed by atoms with Crippen molar-refractivity contribution < 1.29 is 13.2 Å². The van der Waals surface area contributed by atoms with Crippen LogP contribution >= 0.6 is 15.9 Å². The number of rotatable bonds is 5. The Hall–Kier alpha value is -1.73. The van der Waals surface area contributed by atoms with Gasteiger partial charge in [0.05, 0.1) is 12.3 Å². The number of nitrogens with one attached hydrogen (secondary N) is 1. The Morgan fingerprint density at radius 2 is 1.86 bits per heavy atom. The summed E-state index contributed by atoms with van der Waals surface area (Å²) in [5.41, 5.74) is 6.38. The molecule has 7 heteroatoms. The third-order valence-electron chi connectivity index (χ3n) is 2.68. The quantitative estimate of drug-likeness (QED) is 0.791. The van der Waals surface area contributed by atoms with E-state index in [1.165, 1.54) is 6.07 Å². The molecule has 2 rings (SSSR count). The van der Waals surface area contributed by atoms with Gasteiger partial charge in [0.1, 0.15) is 10.6 Å². The number of hydrogen-bond donors (Lipinski definition) is 2. The van der Waals surface area contributed by atoms with Crippen LogP contribution in [0.25, 0.3) is 0 Å². The first-order valence-electron chi connectivity index (χ1n) is 6.23. The number of halogens is 1. The summed E-state index contributed by atoms with van der Waals surface area (Å²) < 4.78 is 33.1. The van der Waals surface area contributed by atoms with Crippen molar-refractivity contribution in [2.24, 2.45) is 0 Å². The Balaban J connectivity index is 2.24. The first-order valence-corrected chi connectivity index (χ1v) is 8.50. The second-order valence-corrected chi connectivity index (χ2v) is 6.81. The van der Waals surface area contributed by atoms with E-state index in [1.54, 1.807) is 36.4 Å². The van der Waals surface area contributed by atoms with Gasteiger partial charge in [-0.25, -0.2) is 8.42 Å². The molecular weight excluding hydrogens is 356 g/mol. The summed E-state index contributed by atoms with van der Waals surface area (Å²) in [5.74, 6) is 0.684. The maximum absolute atomic E-state index is 12.3. The summed E-state index contributed by atoms with van der Waals surface area (Å²) in [6.45, 7) is 2.44. The van der Waals surface area contributed by atoms with Crippen LogP contribution in [-0.4, -0.2) is 15.0 Å². The van der Waals surface area contributed by atoms with Gasteiger partial charge in [0, 0.05) is 10.2 Å². The maximum Gasteiger partial charge on any atom is 0.263 e. The zero-order chi connectivity index (χ0) is 15.5. The van der Waals surface area contributed by atoms with E-state index in [4.69, 9.17) is 10.5 Å². The standard InChI is InChI=1S/C14H15BrN2O3S/c1-2-20-12-6-4-11(5-7-12)17-21(18,19)14-8-3-10(15)9-13(14)16/h3-9,17H,2,16H2,1H3. The smallest absolute Gasteiger partial charge is 0.263 e. The lowest BCUT2D eigenvalue weighted by atomic mass is 10.3. The lowest BCUT2D eigenvalue weighted by Crippen LogP contribution is -2.14. The fraction of sp³-hybridized carbons (Fsp3) is 0.143. The molecule has 0 saturated carbocycles. The topological polar surface area (TPSA) is 81.4 Å². The Morgan fingerprint density at radius 3 is 2.43 bits per heavy atom. The average Bonchev–Trinajstić information content (AvgIpc) is 2.40. The summed E-state index contributed by atoms with van der Waals surface area (Å²) in [6, 6.07) is 11.3. The van der Waals surface area contributed by atoms with Crippen LogP contribution < -0.4 is 15.2 Å². The zero-order valence-electron chi connectivity index (χ0n) is 11.3. The molecule has 2 aromatic carbocycles. The summed E-state index contributed by atoms with van der Waals surface area (Å²) in [6.07, 6.45) is 0. The van der Waals surface area contributed by atoms with E-state index >= 15 is 0 Å². The number of nitrogen functional groups attached to an aromatic ring is 1. The van der Waals surface area contributed by atoms with Gasteiger partial charge in [-0.15, -0.1) is 0 Å². The highest BCUT2D eigenvalue weighted by molar-refractivity contribution is 9.10. The molecule has 0 atom stereocenters. The molecule has 21 heavy (non-hydrogen) atoms. The molecule has 0 aliphatic heterocycles. The molecule has 0 amide bonds. The van der Waals surface area contributed by atoms with E-state index < -0.39 is 10.0 Å². The molecule has 0 aliphatic rings. The van der Waals surface area contributed by atoms with Crippen LogP contribution in [0.4, 0.5) is 11.4 Å². The van der Waals surface area contributed by atoms with Crippen LogP contribution in [0.1, 0.15) is 6.92 Å². The van der Waals surface area contributed by atoms with Gasteiger partial charge in [-0.2, -0.15) is 0 Å². The van der Waals surface area contributed by atoms with Crippen LogP contribution in [-0.2, 0) is 10.0 Å². The minimum atomic E-state index is -3.72. The van der Waals surface area contributed by atoms with E-state index in [-0.39, 0.29) is 10.6 Å². The van der Waals surface area contributed by atoms with Crippen molar-refractivity contribution >= 4 is 37.3 Å². The third-order valence-corrected chi connectivity index (χ3v) is 4.63. The SMILES string of the molecule is CCOc1ccc(NS(=O)(=O)c2ccc(Br)cc2N)cc1. The molecule has 0 saturated heterocycles. The molecule has 0 fully saturated rings. The van der Waals surface area contributed by atoms with Crippen molar-refractivity contribution in [3.63, 3.8) is 0 Å². The Bertz CT molecular complexity index is 730. The van der Waals surface area contributed by atoms with Crippen LogP contribution in [0.2, 0.25) is 0 Å². The Labute approximate surface area is 132 Å². The summed E-state index contributed by atoms with van der Waals surface area (Å²) in [5, 5.41) is 0. The first kappa shape index (κ1) is 15.7. The van der Waals surface area contributed by atoms with E-state index in [0.29, 0.717) is 18.0 Å². The van der Waals surface area contributed by atoms with E-state index in [9.17, 15) is 8.42 Å². The van der Waals surface area contributed by atoms with Crippen molar-refractivity contribution in [3.05, 3.63) is 46.9 Å². The lowest BCUT2D eigenvalue weighted by molar-refractivity contribution is 0.340.